The molecule has 3 nitrogen and oxygen atoms in total. The van der Waals surface area contributed by atoms with Crippen molar-refractivity contribution in [3.05, 3.63) is 157 Å². The van der Waals surface area contributed by atoms with Crippen LogP contribution in [-0.4, -0.2) is 17.5 Å². The monoisotopic (exact) mass is 554 g/mol. The lowest BCUT2D eigenvalue weighted by atomic mass is 9.76. The van der Waals surface area contributed by atoms with Crippen LogP contribution in [0.2, 0.25) is 0 Å². The molecule has 5 aromatic carbocycles. The summed E-state index contributed by atoms with van der Waals surface area (Å²) in [7, 11) is 0. The molecule has 0 radical (unpaired) electrons. The van der Waals surface area contributed by atoms with Crippen molar-refractivity contribution in [2.45, 2.75) is 24.9 Å². The maximum atomic E-state index is 6.77. The van der Waals surface area contributed by atoms with Crippen LogP contribution in [0, 0.1) is 0 Å². The fraction of sp³-hybridized carbons (Fsp3) is 0.100. The van der Waals surface area contributed by atoms with Gasteiger partial charge in [-0.1, -0.05) is 104 Å². The van der Waals surface area contributed by atoms with Gasteiger partial charge in [0.1, 0.15) is 11.2 Å². The molecule has 206 valence electrons. The molecule has 2 aliphatic heterocycles. The first-order valence-corrected chi connectivity index (χ1v) is 14.8. The van der Waals surface area contributed by atoms with Gasteiger partial charge in [0.2, 0.25) is 0 Å². The van der Waals surface area contributed by atoms with Crippen molar-refractivity contribution < 1.29 is 4.42 Å². The van der Waals surface area contributed by atoms with E-state index in [9.17, 15) is 0 Å². The highest BCUT2D eigenvalue weighted by Crippen LogP contribution is 2.51. The summed E-state index contributed by atoms with van der Waals surface area (Å²) in [6.45, 7) is 10.3. The summed E-state index contributed by atoms with van der Waals surface area (Å²) in [4.78, 5) is 10.5. The van der Waals surface area contributed by atoms with Crippen LogP contribution >= 0.6 is 0 Å². The Bertz CT molecular complexity index is 2130. The molecule has 0 fully saturated rings. The minimum Gasteiger partial charge on any atom is -0.455 e. The molecule has 0 saturated heterocycles. The SMILES string of the molecule is C=CC1=NC(C=C)C(C2N=C(C)c3c2cc(-c2ccccc2)c2c3oc3ccc(-c4ccccc4)cc32)c2ccccc21. The number of fused-ring (bicyclic) bond motifs is 6. The number of hydrogen-bond donors (Lipinski definition) is 0. The zero-order valence-electron chi connectivity index (χ0n) is 24.0. The summed E-state index contributed by atoms with van der Waals surface area (Å²) in [6.07, 6.45) is 3.80. The molecule has 6 aromatic rings. The normalized spacial score (nSPS) is 19.0. The largest absolute Gasteiger partial charge is 0.455 e. The minimum absolute atomic E-state index is 0.00346. The molecule has 3 atom stereocenters. The molecule has 1 aromatic heterocycles. The Hall–Kier alpha value is -5.28. The predicted molar refractivity (Wildman–Crippen MR) is 179 cm³/mol. The van der Waals surface area contributed by atoms with E-state index in [0.29, 0.717) is 0 Å². The second-order valence-corrected chi connectivity index (χ2v) is 11.4. The molecule has 0 bridgehead atoms. The Labute approximate surface area is 251 Å². The van der Waals surface area contributed by atoms with Crippen molar-refractivity contribution in [2.24, 2.45) is 9.98 Å². The quantitative estimate of drug-likeness (QED) is 0.195. The Kier molecular flexibility index (Phi) is 5.87. The smallest absolute Gasteiger partial charge is 0.145 e. The van der Waals surface area contributed by atoms with Crippen molar-refractivity contribution >= 4 is 33.4 Å². The molecule has 3 unspecified atom stereocenters. The Morgan fingerprint density at radius 2 is 1.42 bits per heavy atom. The van der Waals surface area contributed by atoms with Crippen LogP contribution < -0.4 is 0 Å². The molecule has 8 rings (SSSR count). The second kappa shape index (κ2) is 9.92. The number of benzene rings is 5. The third-order valence-electron chi connectivity index (χ3n) is 9.00. The maximum absolute atomic E-state index is 6.77. The molecule has 0 saturated carbocycles. The molecule has 0 N–H and O–H groups in total. The summed E-state index contributed by atoms with van der Waals surface area (Å²) in [5, 5.41) is 2.24. The van der Waals surface area contributed by atoms with E-state index in [0.717, 1.165) is 55.6 Å². The summed E-state index contributed by atoms with van der Waals surface area (Å²) >= 11 is 0. The average molecular weight is 555 g/mol. The zero-order valence-corrected chi connectivity index (χ0v) is 24.0. The van der Waals surface area contributed by atoms with Gasteiger partial charge >= 0.3 is 0 Å². The van der Waals surface area contributed by atoms with Crippen LogP contribution in [0.25, 0.3) is 44.2 Å². The minimum atomic E-state index is -0.130. The Morgan fingerprint density at radius 3 is 2.16 bits per heavy atom. The summed E-state index contributed by atoms with van der Waals surface area (Å²) in [5.74, 6) is 0.00346. The number of aliphatic imine (C=N–C) groups is 2. The molecule has 0 spiro atoms. The summed E-state index contributed by atoms with van der Waals surface area (Å²) in [6, 6.07) is 38.3. The van der Waals surface area contributed by atoms with Crippen molar-refractivity contribution in [1.82, 2.24) is 0 Å². The lowest BCUT2D eigenvalue weighted by Crippen LogP contribution is -2.27. The zero-order chi connectivity index (χ0) is 29.1. The van der Waals surface area contributed by atoms with E-state index in [-0.39, 0.29) is 18.0 Å². The average Bonchev–Trinajstić information content (AvgIpc) is 3.61. The second-order valence-electron chi connectivity index (χ2n) is 11.4. The van der Waals surface area contributed by atoms with Crippen LogP contribution in [0.15, 0.2) is 149 Å². The first-order valence-electron chi connectivity index (χ1n) is 14.8. The Morgan fingerprint density at radius 1 is 0.698 bits per heavy atom. The third-order valence-corrected chi connectivity index (χ3v) is 9.00. The summed E-state index contributed by atoms with van der Waals surface area (Å²) < 4.78 is 6.77. The maximum Gasteiger partial charge on any atom is 0.145 e. The highest BCUT2D eigenvalue weighted by atomic mass is 16.3. The van der Waals surface area contributed by atoms with Crippen LogP contribution in [0.4, 0.5) is 0 Å². The number of hydrogen-bond acceptors (Lipinski definition) is 3. The molecule has 0 aliphatic carbocycles. The van der Waals surface area contributed by atoms with Crippen molar-refractivity contribution in [2.75, 3.05) is 0 Å². The topological polar surface area (TPSA) is 37.9 Å². The van der Waals surface area contributed by atoms with E-state index in [1.807, 2.05) is 12.2 Å². The van der Waals surface area contributed by atoms with Crippen LogP contribution in [0.3, 0.4) is 0 Å². The molecule has 43 heavy (non-hydrogen) atoms. The van der Waals surface area contributed by atoms with E-state index < -0.39 is 0 Å². The highest BCUT2D eigenvalue weighted by molar-refractivity contribution is 6.21. The Balaban J connectivity index is 1.41. The van der Waals surface area contributed by atoms with E-state index in [1.165, 1.54) is 22.3 Å². The van der Waals surface area contributed by atoms with Gasteiger partial charge in [0.25, 0.3) is 0 Å². The lowest BCUT2D eigenvalue weighted by Gasteiger charge is -2.33. The molecule has 3 heterocycles. The third kappa shape index (κ3) is 3.89. The van der Waals surface area contributed by atoms with Gasteiger partial charge in [-0.3, -0.25) is 9.98 Å². The molecule has 2 aliphatic rings. The first kappa shape index (κ1) is 25.4. The van der Waals surface area contributed by atoms with Crippen molar-refractivity contribution in [3.63, 3.8) is 0 Å². The molecular weight excluding hydrogens is 524 g/mol. The van der Waals surface area contributed by atoms with Gasteiger partial charge in [0.15, 0.2) is 0 Å². The fourth-order valence-electron chi connectivity index (χ4n) is 7.08. The van der Waals surface area contributed by atoms with Crippen LogP contribution in [0.1, 0.15) is 41.1 Å². The van der Waals surface area contributed by atoms with E-state index in [4.69, 9.17) is 14.4 Å². The fourth-order valence-corrected chi connectivity index (χ4v) is 7.08. The standard InChI is InChI=1S/C40H30N2O/c1-4-33-28-18-12-13-19-29(28)38(34(5-2)42-33)39-32-23-30(26-16-10-7-11-17-26)37-31-22-27(25-14-8-6-9-15-25)20-21-35(31)43-40(37)36(32)24(3)41-39/h4-23,34,38-39H,1-2H2,3H3. The van der Waals surface area contributed by atoms with E-state index in [1.54, 1.807) is 0 Å². The van der Waals surface area contributed by atoms with Gasteiger partial charge < -0.3 is 4.42 Å². The first-order chi connectivity index (χ1) is 21.2. The number of nitrogens with zero attached hydrogens (tertiary/aromatic N) is 2. The van der Waals surface area contributed by atoms with Gasteiger partial charge in [-0.25, -0.2) is 0 Å². The van der Waals surface area contributed by atoms with E-state index in [2.05, 4.69) is 129 Å². The number of allylic oxidation sites excluding steroid dienone is 1. The molecular formula is C40H30N2O. The molecule has 0 amide bonds. The van der Waals surface area contributed by atoms with Gasteiger partial charge in [0, 0.05) is 33.5 Å². The van der Waals surface area contributed by atoms with Gasteiger partial charge in [-0.15, -0.1) is 6.58 Å². The van der Waals surface area contributed by atoms with Gasteiger partial charge in [0.05, 0.1) is 17.8 Å². The number of furan rings is 1. The lowest BCUT2D eigenvalue weighted by molar-refractivity contribution is 0.511. The van der Waals surface area contributed by atoms with Gasteiger partial charge in [-0.2, -0.15) is 0 Å². The van der Waals surface area contributed by atoms with Crippen molar-refractivity contribution in [3.8, 4) is 22.3 Å². The number of rotatable bonds is 5. The molecule has 3 heteroatoms. The van der Waals surface area contributed by atoms with Crippen LogP contribution in [-0.2, 0) is 0 Å². The highest BCUT2D eigenvalue weighted by Gasteiger charge is 2.40. The summed E-state index contributed by atoms with van der Waals surface area (Å²) in [5.41, 5.74) is 12.9. The van der Waals surface area contributed by atoms with Crippen molar-refractivity contribution in [1.29, 1.82) is 0 Å². The van der Waals surface area contributed by atoms with E-state index >= 15 is 0 Å². The predicted octanol–water partition coefficient (Wildman–Crippen LogP) is 10.1. The van der Waals surface area contributed by atoms with Gasteiger partial charge in [-0.05, 0) is 64.6 Å². The van der Waals surface area contributed by atoms with Crippen LogP contribution in [0.5, 0.6) is 0 Å².